The van der Waals surface area contributed by atoms with Gasteiger partial charge < -0.3 is 9.30 Å². The van der Waals surface area contributed by atoms with Crippen LogP contribution in [-0.4, -0.2) is 14.8 Å². The molecule has 0 amide bonds. The van der Waals surface area contributed by atoms with Gasteiger partial charge >= 0.3 is 0 Å². The molecule has 8 heteroatoms. The second-order valence-electron chi connectivity index (χ2n) is 6.43. The van der Waals surface area contributed by atoms with Crippen molar-refractivity contribution in [1.82, 2.24) is 14.8 Å². The highest BCUT2D eigenvalue weighted by Gasteiger charge is 2.31. The zero-order valence-electron chi connectivity index (χ0n) is 14.8. The summed E-state index contributed by atoms with van der Waals surface area (Å²) in [7, 11) is 1.62. The number of nitrogens with zero attached hydrogens (tertiary/aromatic N) is 4. The first-order valence-corrected chi connectivity index (χ1v) is 7.96. The molecule has 0 spiro atoms. The van der Waals surface area contributed by atoms with E-state index in [9.17, 15) is 13.2 Å². The minimum Gasteiger partial charge on any atom is -0.480 e. The fourth-order valence-electron chi connectivity index (χ4n) is 2.78. The van der Waals surface area contributed by atoms with Crippen molar-refractivity contribution in [3.05, 3.63) is 65.2 Å². The lowest BCUT2D eigenvalue weighted by atomic mass is 10.1. The number of halogens is 3. The third-order valence-corrected chi connectivity index (χ3v) is 3.96. The smallest absolute Gasteiger partial charge is 0.176 e. The van der Waals surface area contributed by atoms with Gasteiger partial charge in [0.25, 0.3) is 0 Å². The van der Waals surface area contributed by atoms with Crippen LogP contribution >= 0.6 is 0 Å². The number of benzene rings is 2. The van der Waals surface area contributed by atoms with E-state index in [-0.39, 0.29) is 22.7 Å². The van der Waals surface area contributed by atoms with Gasteiger partial charge in [-0.3, -0.25) is 0 Å². The zero-order chi connectivity index (χ0) is 19.8. The molecule has 138 valence electrons. The molecule has 0 saturated carbocycles. The van der Waals surface area contributed by atoms with Gasteiger partial charge in [0.05, 0.1) is 17.2 Å². The van der Waals surface area contributed by atoms with E-state index < -0.39 is 23.1 Å². The summed E-state index contributed by atoms with van der Waals surface area (Å²) in [6, 6.07) is 8.75. The minimum absolute atomic E-state index is 0.00777. The molecule has 0 N–H and O–H groups in total. The third kappa shape index (κ3) is 3.62. The van der Waals surface area contributed by atoms with Crippen molar-refractivity contribution in [2.24, 2.45) is 7.05 Å². The molecule has 0 atom stereocenters. The van der Waals surface area contributed by atoms with E-state index in [0.29, 0.717) is 5.82 Å². The van der Waals surface area contributed by atoms with E-state index >= 15 is 0 Å². The minimum atomic E-state index is -1.11. The number of hydrogen-bond donors (Lipinski definition) is 0. The highest BCUT2D eigenvalue weighted by atomic mass is 19.1. The average Bonchev–Trinajstić information content (AvgIpc) is 2.95. The highest BCUT2D eigenvalue weighted by molar-refractivity contribution is 5.58. The Kier molecular flexibility index (Phi) is 4.62. The van der Waals surface area contributed by atoms with Gasteiger partial charge in [-0.1, -0.05) is 0 Å². The molecule has 0 unspecified atom stereocenters. The molecule has 0 saturated heterocycles. The van der Waals surface area contributed by atoms with Gasteiger partial charge in [-0.2, -0.15) is 5.26 Å². The Hall–Kier alpha value is -3.34. The van der Waals surface area contributed by atoms with Crippen LogP contribution < -0.4 is 4.74 Å². The molecule has 0 aliphatic carbocycles. The third-order valence-electron chi connectivity index (χ3n) is 3.96. The Bertz CT molecular complexity index is 1030. The Morgan fingerprint density at radius 1 is 1.04 bits per heavy atom. The summed E-state index contributed by atoms with van der Waals surface area (Å²) in [6.45, 7) is 3.30. The number of nitriles is 1. The number of ether oxygens (including phenoxy) is 1. The van der Waals surface area contributed by atoms with Gasteiger partial charge in [-0.15, -0.1) is 10.2 Å². The molecular weight excluding hydrogens is 357 g/mol. The number of hydrogen-bond acceptors (Lipinski definition) is 4. The largest absolute Gasteiger partial charge is 0.480 e. The molecule has 0 radical (unpaired) electrons. The lowest BCUT2D eigenvalue weighted by Gasteiger charge is -2.25. The highest BCUT2D eigenvalue weighted by Crippen LogP contribution is 2.30. The molecule has 0 fully saturated rings. The standard InChI is InChI=1S/C19H15F3N4O/c1-19(2,27-14-8-12(20)7-13(21)9-14)18-25-24-17(26(18)3)15-5-4-11(10-23)6-16(15)22/h4-9H,1-3H3. The Morgan fingerprint density at radius 2 is 1.70 bits per heavy atom. The van der Waals surface area contributed by atoms with Gasteiger partial charge in [0.2, 0.25) is 0 Å². The molecule has 27 heavy (non-hydrogen) atoms. The molecule has 3 rings (SSSR count). The predicted octanol–water partition coefficient (Wildman–Crippen LogP) is 4.09. The van der Waals surface area contributed by atoms with Crippen LogP contribution in [0, 0.1) is 28.8 Å². The molecule has 3 aromatic rings. The van der Waals surface area contributed by atoms with Gasteiger partial charge in [-0.25, -0.2) is 13.2 Å². The lowest BCUT2D eigenvalue weighted by Crippen LogP contribution is -2.29. The van der Waals surface area contributed by atoms with Crippen LogP contribution in [0.4, 0.5) is 13.2 Å². The molecule has 5 nitrogen and oxygen atoms in total. The summed E-state index contributed by atoms with van der Waals surface area (Å²) in [5.41, 5.74) is -0.748. The summed E-state index contributed by atoms with van der Waals surface area (Å²) in [6.07, 6.45) is 0. The number of aromatic nitrogens is 3. The fraction of sp³-hybridized carbons (Fsp3) is 0.211. The first-order valence-electron chi connectivity index (χ1n) is 7.96. The van der Waals surface area contributed by atoms with Crippen LogP contribution in [0.25, 0.3) is 11.4 Å². The van der Waals surface area contributed by atoms with Crippen LogP contribution in [0.2, 0.25) is 0 Å². The fourth-order valence-corrected chi connectivity index (χ4v) is 2.78. The predicted molar refractivity (Wildman–Crippen MR) is 91.1 cm³/mol. The Balaban J connectivity index is 1.97. The molecule has 1 heterocycles. The lowest BCUT2D eigenvalue weighted by molar-refractivity contribution is 0.0941. The molecule has 0 aliphatic rings. The second-order valence-corrected chi connectivity index (χ2v) is 6.43. The van der Waals surface area contributed by atoms with Gasteiger partial charge in [0, 0.05) is 25.2 Å². The van der Waals surface area contributed by atoms with Gasteiger partial charge in [0.15, 0.2) is 17.2 Å². The van der Waals surface area contributed by atoms with E-state index in [1.807, 2.05) is 6.07 Å². The molecule has 0 bridgehead atoms. The summed E-state index contributed by atoms with van der Waals surface area (Å²) < 4.78 is 48.3. The SMILES string of the molecule is Cn1c(-c2ccc(C#N)cc2F)nnc1C(C)(C)Oc1cc(F)cc(F)c1. The first-order chi connectivity index (χ1) is 12.7. The van der Waals surface area contributed by atoms with Crippen molar-refractivity contribution in [3.63, 3.8) is 0 Å². The normalized spacial score (nSPS) is 11.3. The van der Waals surface area contributed by atoms with Crippen LogP contribution in [0.5, 0.6) is 5.75 Å². The van der Waals surface area contributed by atoms with Crippen LogP contribution in [-0.2, 0) is 12.6 Å². The summed E-state index contributed by atoms with van der Waals surface area (Å²) in [5.74, 6) is -1.59. The van der Waals surface area contributed by atoms with E-state index in [2.05, 4.69) is 10.2 Å². The second kappa shape index (κ2) is 6.76. The first kappa shape index (κ1) is 18.5. The Labute approximate surface area is 153 Å². The number of rotatable bonds is 4. The summed E-state index contributed by atoms with van der Waals surface area (Å²) in [5, 5.41) is 16.9. The quantitative estimate of drug-likeness (QED) is 0.692. The average molecular weight is 372 g/mol. The zero-order valence-corrected chi connectivity index (χ0v) is 14.8. The molecule has 0 aliphatic heterocycles. The summed E-state index contributed by atoms with van der Waals surface area (Å²) >= 11 is 0. The van der Waals surface area contributed by atoms with Crippen LogP contribution in [0.1, 0.15) is 25.2 Å². The van der Waals surface area contributed by atoms with Crippen molar-refractivity contribution < 1.29 is 17.9 Å². The maximum Gasteiger partial charge on any atom is 0.176 e. The molecule has 2 aromatic carbocycles. The van der Waals surface area contributed by atoms with E-state index in [1.165, 1.54) is 16.7 Å². The van der Waals surface area contributed by atoms with E-state index in [4.69, 9.17) is 10.00 Å². The van der Waals surface area contributed by atoms with Crippen LogP contribution in [0.3, 0.4) is 0 Å². The van der Waals surface area contributed by atoms with E-state index in [0.717, 1.165) is 24.3 Å². The molecular formula is C19H15F3N4O. The van der Waals surface area contributed by atoms with E-state index in [1.54, 1.807) is 20.9 Å². The summed E-state index contributed by atoms with van der Waals surface area (Å²) in [4.78, 5) is 0. The monoisotopic (exact) mass is 372 g/mol. The Morgan fingerprint density at radius 3 is 2.30 bits per heavy atom. The topological polar surface area (TPSA) is 63.7 Å². The van der Waals surface area contributed by atoms with Crippen molar-refractivity contribution in [2.45, 2.75) is 19.4 Å². The molecule has 1 aromatic heterocycles. The van der Waals surface area contributed by atoms with Crippen LogP contribution in [0.15, 0.2) is 36.4 Å². The maximum atomic E-state index is 14.3. The van der Waals surface area contributed by atoms with Crippen molar-refractivity contribution in [2.75, 3.05) is 0 Å². The van der Waals surface area contributed by atoms with Crippen molar-refractivity contribution in [1.29, 1.82) is 5.26 Å². The van der Waals surface area contributed by atoms with Gasteiger partial charge in [-0.05, 0) is 32.0 Å². The maximum absolute atomic E-state index is 14.3. The van der Waals surface area contributed by atoms with Crippen molar-refractivity contribution in [3.8, 4) is 23.2 Å². The van der Waals surface area contributed by atoms with Crippen molar-refractivity contribution >= 4 is 0 Å². The van der Waals surface area contributed by atoms with Gasteiger partial charge in [0.1, 0.15) is 23.2 Å².